The number of rotatable bonds is 6. The Hall–Kier alpha value is -4.68. The van der Waals surface area contributed by atoms with Crippen LogP contribution in [0.15, 0.2) is 88.9 Å². The SMILES string of the molecule is Cc1ccc(N2C(=O)C(=NNc3cccc(-c4cccc(C(O)C(F)(F)F)c4)c3O)c3ccc(S(C)(=O)=O)cc32)cc1C. The molecule has 222 valence electrons. The Morgan fingerprint density at radius 2 is 1.63 bits per heavy atom. The van der Waals surface area contributed by atoms with Crippen LogP contribution in [0, 0.1) is 13.8 Å². The largest absolute Gasteiger partial charge is 0.505 e. The third kappa shape index (κ3) is 5.71. The van der Waals surface area contributed by atoms with Gasteiger partial charge in [0.1, 0.15) is 5.75 Å². The van der Waals surface area contributed by atoms with E-state index in [9.17, 15) is 36.6 Å². The number of aliphatic hydroxyl groups is 1. The predicted octanol–water partition coefficient (Wildman–Crippen LogP) is 6.17. The first-order valence-corrected chi connectivity index (χ1v) is 14.8. The number of carbonyl (C=O) groups is 1. The maximum Gasteiger partial charge on any atom is 0.418 e. The first-order valence-electron chi connectivity index (χ1n) is 12.9. The molecule has 8 nitrogen and oxygen atoms in total. The van der Waals surface area contributed by atoms with Gasteiger partial charge in [0, 0.05) is 23.1 Å². The molecule has 1 heterocycles. The summed E-state index contributed by atoms with van der Waals surface area (Å²) in [5.74, 6) is -0.893. The van der Waals surface area contributed by atoms with Gasteiger partial charge in [-0.3, -0.25) is 15.1 Å². The summed E-state index contributed by atoms with van der Waals surface area (Å²) in [5, 5.41) is 24.9. The number of anilines is 3. The molecular weight excluding hydrogens is 583 g/mol. The van der Waals surface area contributed by atoms with E-state index in [2.05, 4.69) is 10.5 Å². The van der Waals surface area contributed by atoms with E-state index < -0.39 is 33.6 Å². The van der Waals surface area contributed by atoms with Crippen molar-refractivity contribution in [2.45, 2.75) is 31.0 Å². The molecule has 0 bridgehead atoms. The number of nitrogens with zero attached hydrogens (tertiary/aromatic N) is 2. The van der Waals surface area contributed by atoms with E-state index in [1.165, 1.54) is 53.4 Å². The standard InChI is InChI=1S/C31H26F3N3O5S/c1-17-10-11-21(14-18(17)2)37-26-16-22(43(3,41)42)12-13-24(26)27(30(37)40)36-35-25-9-5-8-23(28(25)38)19-6-4-7-20(15-19)29(39)31(32,33)34/h4-16,29,35,38-39H,1-3H3. The summed E-state index contributed by atoms with van der Waals surface area (Å²) in [6.45, 7) is 3.81. The summed E-state index contributed by atoms with van der Waals surface area (Å²) in [4.78, 5) is 15.1. The summed E-state index contributed by atoms with van der Waals surface area (Å²) in [6.07, 6.45) is -6.49. The molecule has 43 heavy (non-hydrogen) atoms. The van der Waals surface area contributed by atoms with Crippen LogP contribution in [0.4, 0.5) is 30.2 Å². The number of phenols is 1. The van der Waals surface area contributed by atoms with Gasteiger partial charge in [-0.1, -0.05) is 36.4 Å². The van der Waals surface area contributed by atoms with E-state index in [0.29, 0.717) is 16.9 Å². The van der Waals surface area contributed by atoms with Gasteiger partial charge in [-0.2, -0.15) is 18.3 Å². The molecular formula is C31H26F3N3O5S. The number of fused-ring (bicyclic) bond motifs is 1. The molecule has 1 unspecified atom stereocenters. The Morgan fingerprint density at radius 3 is 2.30 bits per heavy atom. The van der Waals surface area contributed by atoms with Crippen LogP contribution in [0.5, 0.6) is 5.75 Å². The first kappa shape index (κ1) is 29.8. The zero-order valence-corrected chi connectivity index (χ0v) is 24.0. The van der Waals surface area contributed by atoms with Crippen molar-refractivity contribution >= 4 is 38.5 Å². The van der Waals surface area contributed by atoms with Crippen LogP contribution in [0.1, 0.15) is 28.4 Å². The second-order valence-electron chi connectivity index (χ2n) is 10.2. The monoisotopic (exact) mass is 609 g/mol. The van der Waals surface area contributed by atoms with Crippen molar-refractivity contribution < 1.29 is 36.6 Å². The highest BCUT2D eigenvalue weighted by atomic mass is 32.2. The van der Waals surface area contributed by atoms with Gasteiger partial charge >= 0.3 is 6.18 Å². The summed E-state index contributed by atoms with van der Waals surface area (Å²) in [7, 11) is -3.59. The number of benzene rings is 4. The molecule has 0 aromatic heterocycles. The zero-order valence-electron chi connectivity index (χ0n) is 23.1. The maximum atomic E-state index is 13.7. The highest BCUT2D eigenvalue weighted by Gasteiger charge is 2.39. The van der Waals surface area contributed by atoms with E-state index in [-0.39, 0.29) is 33.2 Å². The molecule has 1 aliphatic heterocycles. The Balaban J connectivity index is 1.54. The molecule has 1 aliphatic rings. The molecule has 5 rings (SSSR count). The number of sulfone groups is 1. The molecule has 3 N–H and O–H groups in total. The number of aromatic hydroxyl groups is 1. The molecule has 4 aromatic carbocycles. The number of aliphatic hydroxyl groups excluding tert-OH is 1. The number of amides is 1. The molecule has 12 heteroatoms. The zero-order chi connectivity index (χ0) is 31.3. The third-order valence-corrected chi connectivity index (χ3v) is 8.31. The van der Waals surface area contributed by atoms with Gasteiger partial charge in [0.05, 0.1) is 16.3 Å². The van der Waals surface area contributed by atoms with Crippen LogP contribution in [-0.2, 0) is 14.6 Å². The number of phenolic OH excluding ortho intramolecular Hbond substituents is 1. The van der Waals surface area contributed by atoms with Crippen molar-refractivity contribution in [2.75, 3.05) is 16.6 Å². The van der Waals surface area contributed by atoms with Crippen molar-refractivity contribution in [1.29, 1.82) is 0 Å². The van der Waals surface area contributed by atoms with Gasteiger partial charge in [0.15, 0.2) is 21.7 Å². The van der Waals surface area contributed by atoms with Gasteiger partial charge in [0.2, 0.25) is 0 Å². The number of aryl methyl sites for hydroxylation is 2. The summed E-state index contributed by atoms with van der Waals surface area (Å²) in [5.41, 5.74) is 5.77. The number of hydrogen-bond donors (Lipinski definition) is 3. The topological polar surface area (TPSA) is 119 Å². The summed E-state index contributed by atoms with van der Waals surface area (Å²) < 4.78 is 63.8. The van der Waals surface area contributed by atoms with E-state index >= 15 is 0 Å². The average Bonchev–Trinajstić information content (AvgIpc) is 3.23. The van der Waals surface area contributed by atoms with Gasteiger partial charge in [0.25, 0.3) is 5.91 Å². The van der Waals surface area contributed by atoms with Crippen LogP contribution in [0.2, 0.25) is 0 Å². The number of halogens is 3. The van der Waals surface area contributed by atoms with Crippen LogP contribution in [-0.4, -0.2) is 42.7 Å². The van der Waals surface area contributed by atoms with Crippen molar-refractivity contribution in [1.82, 2.24) is 0 Å². The van der Waals surface area contributed by atoms with Crippen molar-refractivity contribution in [3.05, 3.63) is 101 Å². The van der Waals surface area contributed by atoms with Gasteiger partial charge in [-0.05, 0) is 78.6 Å². The first-order chi connectivity index (χ1) is 20.2. The third-order valence-electron chi connectivity index (χ3n) is 7.20. The second kappa shape index (κ2) is 10.9. The Labute approximate surface area is 245 Å². The van der Waals surface area contributed by atoms with Crippen LogP contribution < -0.4 is 10.3 Å². The van der Waals surface area contributed by atoms with E-state index in [1.807, 2.05) is 19.9 Å². The average molecular weight is 610 g/mol. The van der Waals surface area contributed by atoms with Gasteiger partial charge < -0.3 is 10.2 Å². The molecule has 0 saturated carbocycles. The fourth-order valence-electron chi connectivity index (χ4n) is 4.73. The molecule has 0 aliphatic carbocycles. The minimum Gasteiger partial charge on any atom is -0.505 e. The fourth-order valence-corrected chi connectivity index (χ4v) is 5.38. The molecule has 0 spiro atoms. The number of carbonyl (C=O) groups excluding carboxylic acids is 1. The molecule has 0 fully saturated rings. The minimum atomic E-state index is -4.86. The highest BCUT2D eigenvalue weighted by molar-refractivity contribution is 7.90. The molecule has 4 aromatic rings. The maximum absolute atomic E-state index is 13.7. The number of para-hydroxylation sites is 1. The lowest BCUT2D eigenvalue weighted by Gasteiger charge is -2.18. The van der Waals surface area contributed by atoms with E-state index in [4.69, 9.17) is 0 Å². The molecule has 1 amide bonds. The Bertz CT molecular complexity index is 1910. The van der Waals surface area contributed by atoms with Gasteiger partial charge in [-0.25, -0.2) is 8.42 Å². The summed E-state index contributed by atoms with van der Waals surface area (Å²) >= 11 is 0. The Morgan fingerprint density at radius 1 is 0.907 bits per heavy atom. The van der Waals surface area contributed by atoms with Crippen molar-refractivity contribution in [3.63, 3.8) is 0 Å². The lowest BCUT2D eigenvalue weighted by Crippen LogP contribution is -2.26. The second-order valence-corrected chi connectivity index (χ2v) is 12.2. The fraction of sp³-hybridized carbons (Fsp3) is 0.161. The summed E-state index contributed by atoms with van der Waals surface area (Å²) in [6, 6.07) is 19.2. The quantitative estimate of drug-likeness (QED) is 0.178. The minimum absolute atomic E-state index is 0.0188. The smallest absolute Gasteiger partial charge is 0.418 e. The highest BCUT2D eigenvalue weighted by Crippen LogP contribution is 2.40. The number of hydrogen-bond acceptors (Lipinski definition) is 7. The number of nitrogens with one attached hydrogen (secondary N) is 1. The van der Waals surface area contributed by atoms with Crippen LogP contribution >= 0.6 is 0 Å². The van der Waals surface area contributed by atoms with Crippen LogP contribution in [0.25, 0.3) is 11.1 Å². The lowest BCUT2D eigenvalue weighted by molar-refractivity contribution is -0.206. The predicted molar refractivity (Wildman–Crippen MR) is 157 cm³/mol. The number of hydrazone groups is 1. The lowest BCUT2D eigenvalue weighted by atomic mass is 9.99. The van der Waals surface area contributed by atoms with Crippen molar-refractivity contribution in [3.8, 4) is 16.9 Å². The molecule has 0 radical (unpaired) electrons. The van der Waals surface area contributed by atoms with Crippen molar-refractivity contribution in [2.24, 2.45) is 5.10 Å². The molecule has 1 atom stereocenters. The van der Waals surface area contributed by atoms with Gasteiger partial charge in [-0.15, -0.1) is 0 Å². The van der Waals surface area contributed by atoms with E-state index in [1.54, 1.807) is 12.1 Å². The molecule has 0 saturated heterocycles. The number of alkyl halides is 3. The van der Waals surface area contributed by atoms with E-state index in [0.717, 1.165) is 29.5 Å². The Kier molecular flexibility index (Phi) is 7.53. The normalized spacial score (nSPS) is 15.1. The van der Waals surface area contributed by atoms with Crippen LogP contribution in [0.3, 0.4) is 0 Å².